The summed E-state index contributed by atoms with van der Waals surface area (Å²) in [6.07, 6.45) is -0.317. The van der Waals surface area contributed by atoms with Crippen molar-refractivity contribution in [3.05, 3.63) is 57.0 Å². The van der Waals surface area contributed by atoms with Gasteiger partial charge in [-0.05, 0) is 24.3 Å². The van der Waals surface area contributed by atoms with Gasteiger partial charge in [0.25, 0.3) is 0 Å². The Morgan fingerprint density at radius 3 is 2.91 bits per heavy atom. The van der Waals surface area contributed by atoms with Crippen molar-refractivity contribution in [3.63, 3.8) is 0 Å². The molecule has 22 heavy (non-hydrogen) atoms. The Hall–Kier alpha value is -1.14. The number of benzene rings is 2. The Kier molecular flexibility index (Phi) is 4.68. The average molecular weight is 399 g/mol. The van der Waals surface area contributed by atoms with Crippen molar-refractivity contribution in [1.29, 1.82) is 0 Å². The Morgan fingerprint density at radius 2 is 2.14 bits per heavy atom. The number of anilines is 1. The highest BCUT2D eigenvalue weighted by Crippen LogP contribution is 2.40. The zero-order valence-corrected chi connectivity index (χ0v) is 14.9. The predicted octanol–water partition coefficient (Wildman–Crippen LogP) is 4.97. The van der Waals surface area contributed by atoms with Crippen LogP contribution in [0.1, 0.15) is 17.2 Å². The summed E-state index contributed by atoms with van der Waals surface area (Å²) < 4.78 is 12.3. The molecule has 2 aromatic carbocycles. The van der Waals surface area contributed by atoms with Crippen LogP contribution in [0.4, 0.5) is 5.69 Å². The summed E-state index contributed by atoms with van der Waals surface area (Å²) >= 11 is 15.3. The molecule has 0 fully saturated rings. The van der Waals surface area contributed by atoms with Crippen LogP contribution in [-0.2, 0) is 4.74 Å². The monoisotopic (exact) mass is 397 g/mol. The van der Waals surface area contributed by atoms with E-state index in [-0.39, 0.29) is 6.10 Å². The van der Waals surface area contributed by atoms with Gasteiger partial charge >= 0.3 is 0 Å². The molecule has 1 aliphatic heterocycles. The fourth-order valence-electron chi connectivity index (χ4n) is 2.44. The molecule has 0 radical (unpaired) electrons. The summed E-state index contributed by atoms with van der Waals surface area (Å²) in [5.41, 5.74) is 2.76. The zero-order valence-electron chi connectivity index (χ0n) is 11.7. The first kappa shape index (κ1) is 15.7. The molecule has 114 valence electrons. The summed E-state index contributed by atoms with van der Waals surface area (Å²) in [5.74, 6) is 0.624. The van der Waals surface area contributed by atoms with Crippen molar-refractivity contribution in [2.45, 2.75) is 6.10 Å². The van der Waals surface area contributed by atoms with Crippen LogP contribution in [0.3, 0.4) is 0 Å². The second-order valence-electron chi connectivity index (χ2n) is 4.83. The van der Waals surface area contributed by atoms with Gasteiger partial charge in [-0.2, -0.15) is 0 Å². The van der Waals surface area contributed by atoms with Gasteiger partial charge in [-0.1, -0.05) is 51.9 Å². The maximum absolute atomic E-state index is 6.47. The first-order chi connectivity index (χ1) is 10.6. The zero-order chi connectivity index (χ0) is 15.7. The third kappa shape index (κ3) is 2.99. The molecule has 0 aromatic heterocycles. The lowest BCUT2D eigenvalue weighted by Gasteiger charge is -2.20. The topological polar surface area (TPSA) is 30.5 Å². The van der Waals surface area contributed by atoms with E-state index >= 15 is 0 Å². The van der Waals surface area contributed by atoms with E-state index < -0.39 is 0 Å². The lowest BCUT2D eigenvalue weighted by molar-refractivity contribution is 0.116. The largest absolute Gasteiger partial charge is 0.495 e. The van der Waals surface area contributed by atoms with E-state index in [2.05, 4.69) is 21.2 Å². The number of methoxy groups -OCH3 is 1. The molecule has 2 aromatic rings. The highest BCUT2D eigenvalue weighted by Gasteiger charge is 2.26. The third-order valence-corrected chi connectivity index (χ3v) is 4.56. The van der Waals surface area contributed by atoms with Gasteiger partial charge in [0.1, 0.15) is 16.8 Å². The van der Waals surface area contributed by atoms with Crippen molar-refractivity contribution >= 4 is 50.4 Å². The van der Waals surface area contributed by atoms with Gasteiger partial charge in [-0.15, -0.1) is 0 Å². The van der Waals surface area contributed by atoms with Crippen LogP contribution >= 0.6 is 39.7 Å². The quantitative estimate of drug-likeness (QED) is 0.724. The highest BCUT2D eigenvalue weighted by molar-refractivity contribution is 9.10. The maximum atomic E-state index is 6.47. The highest BCUT2D eigenvalue weighted by atomic mass is 79.9. The molecular weight excluding hydrogens is 386 g/mol. The van der Waals surface area contributed by atoms with Crippen LogP contribution in [0.2, 0.25) is 5.02 Å². The van der Waals surface area contributed by atoms with E-state index in [9.17, 15) is 0 Å². The van der Waals surface area contributed by atoms with Gasteiger partial charge in [-0.25, -0.2) is 0 Å². The number of rotatable bonds is 2. The second-order valence-corrected chi connectivity index (χ2v) is 6.62. The molecule has 1 heterocycles. The standard InChI is InChI=1S/C16H13BrClNO2S/c1-20-13-4-2-3-10(15(13)18)16-11-7-9(17)5-6-12(11)19-14(22)8-21-16/h2-7,16H,8H2,1H3,(H,19,22)/t16-/m1/s1. The molecule has 3 nitrogen and oxygen atoms in total. The molecular formula is C16H13BrClNO2S. The number of thiocarbonyl (C=S) groups is 1. The van der Waals surface area contributed by atoms with Crippen molar-refractivity contribution in [2.75, 3.05) is 19.0 Å². The predicted molar refractivity (Wildman–Crippen MR) is 96.2 cm³/mol. The molecule has 0 bridgehead atoms. The number of fused-ring (bicyclic) bond motifs is 1. The normalized spacial score (nSPS) is 17.4. The summed E-state index contributed by atoms with van der Waals surface area (Å²) in [6, 6.07) is 11.6. The Morgan fingerprint density at radius 1 is 1.32 bits per heavy atom. The van der Waals surface area contributed by atoms with E-state index in [1.807, 2.05) is 36.4 Å². The van der Waals surface area contributed by atoms with Gasteiger partial charge in [0.15, 0.2) is 0 Å². The van der Waals surface area contributed by atoms with Crippen molar-refractivity contribution < 1.29 is 9.47 Å². The minimum absolute atomic E-state index is 0.317. The van der Waals surface area contributed by atoms with Crippen LogP contribution in [0, 0.1) is 0 Å². The Bertz CT molecular complexity index is 738. The van der Waals surface area contributed by atoms with E-state index in [0.29, 0.717) is 22.4 Å². The van der Waals surface area contributed by atoms with Gasteiger partial charge < -0.3 is 14.8 Å². The molecule has 3 rings (SSSR count). The summed E-state index contributed by atoms with van der Waals surface area (Å²) in [5, 5.41) is 3.76. The summed E-state index contributed by atoms with van der Waals surface area (Å²) in [7, 11) is 1.60. The van der Waals surface area contributed by atoms with Gasteiger partial charge in [0, 0.05) is 21.3 Å². The molecule has 0 amide bonds. The van der Waals surface area contributed by atoms with E-state index in [0.717, 1.165) is 21.3 Å². The van der Waals surface area contributed by atoms with Crippen LogP contribution < -0.4 is 10.1 Å². The van der Waals surface area contributed by atoms with E-state index in [4.69, 9.17) is 33.3 Å². The molecule has 0 spiro atoms. The lowest BCUT2D eigenvalue weighted by Crippen LogP contribution is -2.13. The SMILES string of the molecule is COc1cccc([C@H]2OCC(=S)Nc3ccc(Br)cc32)c1Cl. The smallest absolute Gasteiger partial charge is 0.137 e. The average Bonchev–Trinajstić information content (AvgIpc) is 2.66. The summed E-state index contributed by atoms with van der Waals surface area (Å²) in [6.45, 7) is 0.333. The lowest BCUT2D eigenvalue weighted by atomic mass is 9.99. The van der Waals surface area contributed by atoms with Gasteiger partial charge in [0.2, 0.25) is 0 Å². The first-order valence-electron chi connectivity index (χ1n) is 6.63. The molecule has 1 aliphatic rings. The Labute approximate surface area is 147 Å². The second kappa shape index (κ2) is 6.54. The molecule has 0 aliphatic carbocycles. The first-order valence-corrected chi connectivity index (χ1v) is 8.21. The number of hydrogen-bond acceptors (Lipinski definition) is 3. The molecule has 0 saturated carbocycles. The van der Waals surface area contributed by atoms with E-state index in [1.165, 1.54) is 0 Å². The maximum Gasteiger partial charge on any atom is 0.137 e. The minimum Gasteiger partial charge on any atom is -0.495 e. The van der Waals surface area contributed by atoms with Crippen molar-refractivity contribution in [3.8, 4) is 5.75 Å². The summed E-state index contributed by atoms with van der Waals surface area (Å²) in [4.78, 5) is 0.644. The van der Waals surface area contributed by atoms with Gasteiger partial charge in [0.05, 0.1) is 18.7 Å². The number of halogens is 2. The molecule has 1 N–H and O–H groups in total. The molecule has 0 unspecified atom stereocenters. The number of nitrogens with one attached hydrogen (secondary N) is 1. The molecule has 1 atom stereocenters. The fourth-order valence-corrected chi connectivity index (χ4v) is 3.30. The van der Waals surface area contributed by atoms with Crippen LogP contribution in [0.25, 0.3) is 0 Å². The minimum atomic E-state index is -0.317. The van der Waals surface area contributed by atoms with Gasteiger partial charge in [-0.3, -0.25) is 0 Å². The van der Waals surface area contributed by atoms with Crippen LogP contribution in [0.15, 0.2) is 40.9 Å². The number of hydrogen-bond donors (Lipinski definition) is 1. The Balaban J connectivity index is 2.15. The fraction of sp³-hybridized carbons (Fsp3) is 0.188. The molecule has 6 heteroatoms. The van der Waals surface area contributed by atoms with E-state index in [1.54, 1.807) is 7.11 Å². The van der Waals surface area contributed by atoms with Crippen LogP contribution in [0.5, 0.6) is 5.75 Å². The van der Waals surface area contributed by atoms with Crippen LogP contribution in [-0.4, -0.2) is 18.7 Å². The van der Waals surface area contributed by atoms with Crippen molar-refractivity contribution in [2.24, 2.45) is 0 Å². The van der Waals surface area contributed by atoms with Crippen molar-refractivity contribution in [1.82, 2.24) is 0 Å². The number of ether oxygens (including phenoxy) is 2. The molecule has 0 saturated heterocycles. The third-order valence-electron chi connectivity index (χ3n) is 3.45.